The minimum atomic E-state index is -0.473. The minimum absolute atomic E-state index is 0.00768. The van der Waals surface area contributed by atoms with Gasteiger partial charge in [-0.2, -0.15) is 0 Å². The van der Waals surface area contributed by atoms with Gasteiger partial charge in [-0.1, -0.05) is 35.5 Å². The highest BCUT2D eigenvalue weighted by Gasteiger charge is 2.06. The Morgan fingerprint density at radius 1 is 0.957 bits per heavy atom. The molecule has 2 aromatic carbocycles. The fourth-order valence-electron chi connectivity index (χ4n) is 1.64. The molecule has 0 aliphatic heterocycles. The monoisotopic (exact) mass is 351 g/mol. The molecule has 0 aromatic heterocycles. The van der Waals surface area contributed by atoms with Crippen molar-refractivity contribution in [3.63, 3.8) is 0 Å². The van der Waals surface area contributed by atoms with E-state index >= 15 is 0 Å². The van der Waals surface area contributed by atoms with Crippen molar-refractivity contribution in [2.75, 3.05) is 0 Å². The third kappa shape index (κ3) is 5.04. The van der Waals surface area contributed by atoms with E-state index in [0.29, 0.717) is 0 Å². The maximum absolute atomic E-state index is 10.6. The van der Waals surface area contributed by atoms with E-state index in [9.17, 15) is 20.2 Å². The van der Waals surface area contributed by atoms with E-state index in [1.54, 1.807) is 24.3 Å². The molecule has 0 bridgehead atoms. The van der Waals surface area contributed by atoms with Gasteiger partial charge in [0.1, 0.15) is 0 Å². The molecular weight excluding hydrogens is 342 g/mol. The quantitative estimate of drug-likeness (QED) is 0.261. The average Bonchev–Trinajstić information content (AvgIpc) is 2.54. The Balaban J connectivity index is 1.97. The summed E-state index contributed by atoms with van der Waals surface area (Å²) in [6.07, 6.45) is 0. The summed E-state index contributed by atoms with van der Waals surface area (Å²) in [5.74, 6) is 0. The summed E-state index contributed by atoms with van der Waals surface area (Å²) < 4.78 is 0.275. The Morgan fingerprint density at radius 2 is 1.43 bits per heavy atom. The van der Waals surface area contributed by atoms with E-state index in [2.05, 4.69) is 4.99 Å². The van der Waals surface area contributed by atoms with Crippen LogP contribution in [0.3, 0.4) is 0 Å². The minimum Gasteiger partial charge on any atom is -0.262 e. The molecule has 0 atom stereocenters. The molecule has 0 saturated carbocycles. The van der Waals surface area contributed by atoms with Crippen LogP contribution in [0.1, 0.15) is 5.56 Å². The van der Waals surface area contributed by atoms with Gasteiger partial charge in [0.2, 0.25) is 0 Å². The second-order valence-corrected chi connectivity index (χ2v) is 5.99. The van der Waals surface area contributed by atoms with Crippen molar-refractivity contribution in [3.05, 3.63) is 74.3 Å². The molecule has 0 heterocycles. The Kier molecular flexibility index (Phi) is 5.67. The molecule has 0 radical (unpaired) electrons. The third-order valence-corrected chi connectivity index (χ3v) is 3.94. The van der Waals surface area contributed by atoms with Gasteiger partial charge in [-0.05, 0) is 17.7 Å². The van der Waals surface area contributed by atoms with Crippen molar-refractivity contribution >= 4 is 39.2 Å². The first kappa shape index (κ1) is 16.9. The van der Waals surface area contributed by atoms with Crippen LogP contribution in [0.2, 0.25) is 0 Å². The van der Waals surface area contributed by atoms with Crippen LogP contribution in [0, 0.1) is 20.2 Å². The third-order valence-electron chi connectivity index (χ3n) is 2.78. The van der Waals surface area contributed by atoms with E-state index in [-0.39, 0.29) is 22.4 Å². The smallest absolute Gasteiger partial charge is 0.262 e. The van der Waals surface area contributed by atoms with Crippen molar-refractivity contribution < 1.29 is 9.85 Å². The zero-order valence-electron chi connectivity index (χ0n) is 11.6. The van der Waals surface area contributed by atoms with Crippen LogP contribution in [0.4, 0.5) is 11.4 Å². The second kappa shape index (κ2) is 7.70. The summed E-state index contributed by atoms with van der Waals surface area (Å²) >= 11 is 7.20. The Hall–Kier alpha value is -2.45. The van der Waals surface area contributed by atoms with Crippen molar-refractivity contribution in [3.8, 4) is 0 Å². The molecule has 0 aliphatic carbocycles. The molecule has 0 amide bonds. The van der Waals surface area contributed by atoms with Crippen LogP contribution < -0.4 is 0 Å². The van der Waals surface area contributed by atoms with Crippen molar-refractivity contribution in [2.45, 2.75) is 11.4 Å². The SMILES string of the molecule is O=[N+]([O-])c1ccc(CN=C(Cl)Sc2ccc([N+](=O)[O-])cc2)cc1. The van der Waals surface area contributed by atoms with Gasteiger partial charge in [0, 0.05) is 29.2 Å². The summed E-state index contributed by atoms with van der Waals surface area (Å²) in [6, 6.07) is 12.0. The highest BCUT2D eigenvalue weighted by Crippen LogP contribution is 2.24. The van der Waals surface area contributed by atoms with Gasteiger partial charge in [0.25, 0.3) is 11.4 Å². The molecule has 2 rings (SSSR count). The lowest BCUT2D eigenvalue weighted by Crippen LogP contribution is -1.90. The molecular formula is C14H10ClN3O4S. The van der Waals surface area contributed by atoms with Crippen LogP contribution in [0.5, 0.6) is 0 Å². The number of hydrogen-bond acceptors (Lipinski definition) is 6. The molecule has 0 spiro atoms. The lowest BCUT2D eigenvalue weighted by Gasteiger charge is -2.00. The van der Waals surface area contributed by atoms with E-state index in [4.69, 9.17) is 11.6 Å². The lowest BCUT2D eigenvalue weighted by molar-refractivity contribution is -0.385. The van der Waals surface area contributed by atoms with Crippen LogP contribution in [-0.2, 0) is 6.54 Å². The number of nitro groups is 2. The number of nitrogens with zero attached hydrogens (tertiary/aromatic N) is 3. The van der Waals surface area contributed by atoms with Gasteiger partial charge < -0.3 is 0 Å². The Morgan fingerprint density at radius 3 is 1.91 bits per heavy atom. The number of thioether (sulfide) groups is 1. The van der Waals surface area contributed by atoms with Gasteiger partial charge in [-0.25, -0.2) is 0 Å². The average molecular weight is 352 g/mol. The number of benzene rings is 2. The number of halogens is 1. The first-order valence-corrected chi connectivity index (χ1v) is 7.51. The van der Waals surface area contributed by atoms with Gasteiger partial charge in [0.05, 0.1) is 16.4 Å². The second-order valence-electron chi connectivity index (χ2n) is 4.35. The van der Waals surface area contributed by atoms with E-state index in [1.807, 2.05) is 0 Å². The topological polar surface area (TPSA) is 98.6 Å². The molecule has 118 valence electrons. The molecule has 23 heavy (non-hydrogen) atoms. The van der Waals surface area contributed by atoms with Gasteiger partial charge in [-0.15, -0.1) is 0 Å². The standard InChI is InChI=1S/C14H10ClN3O4S/c15-14(23-13-7-5-12(6-8-13)18(21)22)16-9-10-1-3-11(4-2-10)17(19)20/h1-8H,9H2. The molecule has 0 saturated heterocycles. The Bertz CT molecular complexity index is 748. The zero-order valence-corrected chi connectivity index (χ0v) is 13.2. The van der Waals surface area contributed by atoms with Crippen molar-refractivity contribution in [1.82, 2.24) is 0 Å². The summed E-state index contributed by atoms with van der Waals surface area (Å²) in [5, 5.41) is 21.1. The van der Waals surface area contributed by atoms with E-state index in [0.717, 1.165) is 10.5 Å². The highest BCUT2D eigenvalue weighted by molar-refractivity contribution is 8.16. The first-order valence-electron chi connectivity index (χ1n) is 6.31. The molecule has 9 heteroatoms. The maximum atomic E-state index is 10.6. The predicted octanol–water partition coefficient (Wildman–Crippen LogP) is 4.39. The number of nitro benzene ring substituents is 2. The van der Waals surface area contributed by atoms with Crippen LogP contribution in [0.15, 0.2) is 58.4 Å². The normalized spacial score (nSPS) is 11.3. The van der Waals surface area contributed by atoms with Gasteiger partial charge in [-0.3, -0.25) is 25.2 Å². The summed E-state index contributed by atoms with van der Waals surface area (Å²) in [5.41, 5.74) is 0.815. The molecule has 0 fully saturated rings. The zero-order chi connectivity index (χ0) is 16.8. The molecule has 0 aliphatic rings. The number of hydrogen-bond donors (Lipinski definition) is 0. The predicted molar refractivity (Wildman–Crippen MR) is 89.0 cm³/mol. The maximum Gasteiger partial charge on any atom is 0.269 e. The largest absolute Gasteiger partial charge is 0.269 e. The summed E-state index contributed by atoms with van der Waals surface area (Å²) in [4.78, 5) is 25.1. The Labute approximate surface area is 140 Å². The van der Waals surface area contributed by atoms with Gasteiger partial charge >= 0.3 is 0 Å². The van der Waals surface area contributed by atoms with Crippen LogP contribution in [0.25, 0.3) is 0 Å². The molecule has 0 N–H and O–H groups in total. The van der Waals surface area contributed by atoms with Crippen molar-refractivity contribution in [2.24, 2.45) is 4.99 Å². The van der Waals surface area contributed by atoms with E-state index < -0.39 is 9.85 Å². The lowest BCUT2D eigenvalue weighted by atomic mass is 10.2. The first-order chi connectivity index (χ1) is 11.0. The molecule has 7 nitrogen and oxygen atoms in total. The summed E-state index contributed by atoms with van der Waals surface area (Å²) in [7, 11) is 0. The van der Waals surface area contributed by atoms with Crippen LogP contribution >= 0.6 is 23.4 Å². The fraction of sp³-hybridized carbons (Fsp3) is 0.0714. The van der Waals surface area contributed by atoms with Crippen molar-refractivity contribution in [1.29, 1.82) is 0 Å². The number of rotatable bonds is 5. The number of non-ortho nitro benzene ring substituents is 2. The number of aliphatic imine (C=N–C) groups is 1. The highest BCUT2D eigenvalue weighted by atomic mass is 35.5. The summed E-state index contributed by atoms with van der Waals surface area (Å²) in [6.45, 7) is 0.289. The van der Waals surface area contributed by atoms with Crippen LogP contribution in [-0.4, -0.2) is 14.3 Å². The fourth-order valence-corrected chi connectivity index (χ4v) is 2.56. The molecule has 0 unspecified atom stereocenters. The van der Waals surface area contributed by atoms with E-state index in [1.165, 1.54) is 36.0 Å². The molecule has 2 aromatic rings. The van der Waals surface area contributed by atoms with Gasteiger partial charge in [0.15, 0.2) is 4.50 Å².